The summed E-state index contributed by atoms with van der Waals surface area (Å²) in [5, 5.41) is 2.99. The van der Waals surface area contributed by atoms with Gasteiger partial charge in [-0.05, 0) is 36.3 Å². The van der Waals surface area contributed by atoms with Gasteiger partial charge >= 0.3 is 0 Å². The van der Waals surface area contributed by atoms with Crippen molar-refractivity contribution in [3.8, 4) is 0 Å². The Morgan fingerprint density at radius 1 is 1.40 bits per heavy atom. The fourth-order valence-corrected chi connectivity index (χ4v) is 4.00. The lowest BCUT2D eigenvalue weighted by molar-refractivity contribution is -0.131. The molecular formula is C16H21NO3. The monoisotopic (exact) mass is 275 g/mol. The van der Waals surface area contributed by atoms with Gasteiger partial charge in [-0.15, -0.1) is 0 Å². The number of hydrogen-bond acceptors (Lipinski definition) is 3. The summed E-state index contributed by atoms with van der Waals surface area (Å²) in [7, 11) is 1.64. The van der Waals surface area contributed by atoms with Crippen molar-refractivity contribution in [1.82, 2.24) is 5.32 Å². The first-order valence-electron chi connectivity index (χ1n) is 7.14. The van der Waals surface area contributed by atoms with Crippen molar-refractivity contribution in [2.24, 2.45) is 17.3 Å². The van der Waals surface area contributed by atoms with Crippen LogP contribution in [-0.4, -0.2) is 24.5 Å². The number of hydrogen-bond donors (Lipinski definition) is 1. The van der Waals surface area contributed by atoms with Gasteiger partial charge in [0, 0.05) is 25.0 Å². The molecule has 1 N–H and O–H groups in total. The molecule has 0 aromatic carbocycles. The minimum atomic E-state index is -0.671. The van der Waals surface area contributed by atoms with E-state index in [0.717, 1.165) is 17.6 Å². The second-order valence-corrected chi connectivity index (χ2v) is 6.57. The number of rotatable bonds is 1. The average Bonchev–Trinajstić information content (AvgIpc) is 2.66. The zero-order valence-electron chi connectivity index (χ0n) is 12.4. The molecule has 2 aliphatic carbocycles. The number of ether oxygens (including phenoxy) is 1. The molecule has 0 aromatic rings. The van der Waals surface area contributed by atoms with E-state index < -0.39 is 5.72 Å². The van der Waals surface area contributed by atoms with Gasteiger partial charge in [0.05, 0.1) is 0 Å². The Kier molecular flexibility index (Phi) is 2.74. The normalized spacial score (nSPS) is 43.4. The number of methoxy groups -OCH3 is 1. The van der Waals surface area contributed by atoms with E-state index in [0.29, 0.717) is 6.42 Å². The lowest BCUT2D eigenvalue weighted by Gasteiger charge is -2.52. The van der Waals surface area contributed by atoms with Crippen LogP contribution in [0.3, 0.4) is 0 Å². The molecule has 4 heteroatoms. The molecule has 1 saturated carbocycles. The van der Waals surface area contributed by atoms with Crippen LogP contribution >= 0.6 is 0 Å². The maximum Gasteiger partial charge on any atom is 0.249 e. The van der Waals surface area contributed by atoms with Gasteiger partial charge in [-0.25, -0.2) is 0 Å². The van der Waals surface area contributed by atoms with E-state index in [1.807, 2.05) is 19.9 Å². The highest BCUT2D eigenvalue weighted by molar-refractivity contribution is 5.98. The first-order valence-corrected chi connectivity index (χ1v) is 7.14. The number of carbonyl (C=O) groups is 2. The summed E-state index contributed by atoms with van der Waals surface area (Å²) in [5.41, 5.74) is 0.978. The maximum atomic E-state index is 12.0. The molecule has 20 heavy (non-hydrogen) atoms. The average molecular weight is 275 g/mol. The van der Waals surface area contributed by atoms with E-state index in [-0.39, 0.29) is 28.9 Å². The van der Waals surface area contributed by atoms with E-state index >= 15 is 0 Å². The Balaban J connectivity index is 2.10. The van der Waals surface area contributed by atoms with Crippen molar-refractivity contribution in [2.45, 2.75) is 39.3 Å². The highest BCUT2D eigenvalue weighted by Crippen LogP contribution is 2.56. The van der Waals surface area contributed by atoms with Crippen LogP contribution < -0.4 is 5.32 Å². The second-order valence-electron chi connectivity index (χ2n) is 6.57. The lowest BCUT2D eigenvalue weighted by Crippen LogP contribution is -2.56. The predicted molar refractivity (Wildman–Crippen MR) is 74.7 cm³/mol. The number of carbonyl (C=O) groups excluding carboxylic acids is 2. The van der Waals surface area contributed by atoms with Crippen molar-refractivity contribution in [2.75, 3.05) is 7.11 Å². The molecule has 0 radical (unpaired) electrons. The van der Waals surface area contributed by atoms with Crippen LogP contribution in [0.5, 0.6) is 0 Å². The molecule has 1 amide bonds. The molecule has 1 aliphatic heterocycles. The molecule has 0 bridgehead atoms. The van der Waals surface area contributed by atoms with Crippen LogP contribution in [0.2, 0.25) is 0 Å². The van der Waals surface area contributed by atoms with Crippen LogP contribution in [0.15, 0.2) is 23.3 Å². The van der Waals surface area contributed by atoms with E-state index in [1.165, 1.54) is 0 Å². The van der Waals surface area contributed by atoms with Gasteiger partial charge in [-0.2, -0.15) is 0 Å². The van der Waals surface area contributed by atoms with Gasteiger partial charge in [-0.1, -0.05) is 19.9 Å². The van der Waals surface area contributed by atoms with Crippen LogP contribution in [0.4, 0.5) is 0 Å². The fourth-order valence-electron chi connectivity index (χ4n) is 4.00. The second kappa shape index (κ2) is 4.04. The molecule has 0 aromatic heterocycles. The van der Waals surface area contributed by atoms with Gasteiger partial charge in [0.2, 0.25) is 5.91 Å². The van der Waals surface area contributed by atoms with Crippen molar-refractivity contribution >= 4 is 11.7 Å². The number of allylic oxidation sites excluding steroid dienone is 2. The summed E-state index contributed by atoms with van der Waals surface area (Å²) < 4.78 is 5.69. The Morgan fingerprint density at radius 3 is 2.75 bits per heavy atom. The minimum Gasteiger partial charge on any atom is -0.355 e. The first kappa shape index (κ1) is 13.6. The highest BCUT2D eigenvalue weighted by atomic mass is 16.5. The van der Waals surface area contributed by atoms with E-state index in [4.69, 9.17) is 4.74 Å². The van der Waals surface area contributed by atoms with Gasteiger partial charge < -0.3 is 10.1 Å². The van der Waals surface area contributed by atoms with E-state index in [9.17, 15) is 9.59 Å². The topological polar surface area (TPSA) is 55.4 Å². The molecule has 4 atom stereocenters. The molecule has 3 rings (SSSR count). The minimum absolute atomic E-state index is 0.0247. The van der Waals surface area contributed by atoms with Gasteiger partial charge in [-0.3, -0.25) is 9.59 Å². The number of amides is 1. The van der Waals surface area contributed by atoms with Crippen LogP contribution in [0.25, 0.3) is 0 Å². The summed E-state index contributed by atoms with van der Waals surface area (Å²) in [6.45, 7) is 6.01. The number of nitrogens with one attached hydrogen (secondary N) is 1. The summed E-state index contributed by atoms with van der Waals surface area (Å²) >= 11 is 0. The Morgan fingerprint density at radius 2 is 2.10 bits per heavy atom. The Labute approximate surface area is 119 Å². The SMILES string of the molecule is COC12CC3C=CC(=O)C(C)C3(C)CC1=C(C)C(=O)N2. The quantitative estimate of drug-likeness (QED) is 0.796. The third-order valence-electron chi connectivity index (χ3n) is 5.77. The third-order valence-corrected chi connectivity index (χ3v) is 5.77. The molecule has 4 unspecified atom stereocenters. The highest BCUT2D eigenvalue weighted by Gasteiger charge is 2.57. The summed E-state index contributed by atoms with van der Waals surface area (Å²) in [5.74, 6) is 0.352. The Bertz CT molecular complexity index is 562. The smallest absolute Gasteiger partial charge is 0.249 e. The summed E-state index contributed by atoms with van der Waals surface area (Å²) in [6, 6.07) is 0. The lowest BCUT2D eigenvalue weighted by atomic mass is 9.55. The molecular weight excluding hydrogens is 254 g/mol. The van der Waals surface area contributed by atoms with Crippen molar-refractivity contribution in [3.05, 3.63) is 23.3 Å². The molecule has 1 fully saturated rings. The molecule has 0 saturated heterocycles. The first-order chi connectivity index (χ1) is 9.34. The molecule has 108 valence electrons. The van der Waals surface area contributed by atoms with E-state index in [1.54, 1.807) is 13.2 Å². The molecule has 4 nitrogen and oxygen atoms in total. The van der Waals surface area contributed by atoms with Crippen LogP contribution in [0.1, 0.15) is 33.6 Å². The zero-order chi connectivity index (χ0) is 14.7. The molecule has 0 spiro atoms. The van der Waals surface area contributed by atoms with Crippen LogP contribution in [-0.2, 0) is 14.3 Å². The maximum absolute atomic E-state index is 12.0. The fraction of sp³-hybridized carbons (Fsp3) is 0.625. The summed E-state index contributed by atoms with van der Waals surface area (Å²) in [6.07, 6.45) is 5.12. The molecule has 3 aliphatic rings. The van der Waals surface area contributed by atoms with Crippen molar-refractivity contribution in [3.63, 3.8) is 0 Å². The third kappa shape index (κ3) is 1.51. The zero-order valence-corrected chi connectivity index (χ0v) is 12.4. The number of fused-ring (bicyclic) bond motifs is 2. The van der Waals surface area contributed by atoms with Gasteiger partial charge in [0.25, 0.3) is 0 Å². The predicted octanol–water partition coefficient (Wildman–Crippen LogP) is 1.97. The molecule has 1 heterocycles. The van der Waals surface area contributed by atoms with Crippen molar-refractivity contribution < 1.29 is 14.3 Å². The number of ketones is 1. The Hall–Kier alpha value is -1.42. The van der Waals surface area contributed by atoms with Crippen LogP contribution in [0, 0.1) is 17.3 Å². The van der Waals surface area contributed by atoms with Gasteiger partial charge in [0.15, 0.2) is 11.5 Å². The van der Waals surface area contributed by atoms with Crippen molar-refractivity contribution in [1.29, 1.82) is 0 Å². The van der Waals surface area contributed by atoms with E-state index in [2.05, 4.69) is 12.2 Å². The summed E-state index contributed by atoms with van der Waals surface area (Å²) in [4.78, 5) is 24.1. The largest absolute Gasteiger partial charge is 0.355 e. The standard InChI is InChI=1S/C16H21NO3/c1-9-12-8-15(3)10(2)13(18)6-5-11(15)7-16(12,20-4)17-14(9)19/h5-6,10-11H,7-8H2,1-4H3,(H,17,19). The van der Waals surface area contributed by atoms with Gasteiger partial charge in [0.1, 0.15) is 0 Å².